The molecule has 0 spiro atoms. The highest BCUT2D eigenvalue weighted by atomic mass is 14.9. The van der Waals surface area contributed by atoms with E-state index in [0.29, 0.717) is 5.84 Å². The highest BCUT2D eigenvalue weighted by Crippen LogP contribution is 2.11. The van der Waals surface area contributed by atoms with Crippen LogP contribution in [0.3, 0.4) is 0 Å². The molecule has 0 aromatic heterocycles. The lowest BCUT2D eigenvalue weighted by Crippen LogP contribution is -1.99. The molecule has 0 aliphatic rings. The number of benzene rings is 2. The molecule has 0 unspecified atom stereocenters. The zero-order chi connectivity index (χ0) is 10.5. The minimum atomic E-state index is 0.293. The molecule has 0 atom stereocenters. The van der Waals surface area contributed by atoms with Gasteiger partial charge >= 0.3 is 0 Å². The Morgan fingerprint density at radius 1 is 0.800 bits per heavy atom. The van der Waals surface area contributed by atoms with Crippen molar-refractivity contribution in [3.63, 3.8) is 0 Å². The molecule has 2 nitrogen and oxygen atoms in total. The third-order valence-electron chi connectivity index (χ3n) is 2.04. The van der Waals surface area contributed by atoms with Crippen LogP contribution >= 0.6 is 0 Å². The van der Waals surface area contributed by atoms with Crippen LogP contribution in [-0.4, -0.2) is 5.84 Å². The highest BCUT2D eigenvalue weighted by molar-refractivity contribution is 5.98. The molecule has 0 amide bonds. The summed E-state index contributed by atoms with van der Waals surface area (Å²) in [5, 5.41) is 0. The number of amidine groups is 1. The molecule has 0 bridgehead atoms. The van der Waals surface area contributed by atoms with Gasteiger partial charge in [-0.15, -0.1) is 0 Å². The van der Waals surface area contributed by atoms with Crippen molar-refractivity contribution >= 4 is 11.5 Å². The van der Waals surface area contributed by atoms with Gasteiger partial charge in [0.05, 0.1) is 5.69 Å². The quantitative estimate of drug-likeness (QED) is 0.521. The van der Waals surface area contributed by atoms with Crippen LogP contribution < -0.4 is 5.73 Å². The number of aliphatic imine (C=N–C) groups is 1. The standard InChI is InChI=1S/C13H11N2/c14-13(11-7-3-1-4-8-11)15-12-9-5-2-6-10-12/h1-10,14H. The predicted molar refractivity (Wildman–Crippen MR) is 62.2 cm³/mol. The Kier molecular flexibility index (Phi) is 2.79. The lowest BCUT2D eigenvalue weighted by molar-refractivity contribution is 1.43. The number of nitrogens with one attached hydrogen (secondary N) is 1. The summed E-state index contributed by atoms with van der Waals surface area (Å²) < 4.78 is 0. The molecule has 1 N–H and O–H groups in total. The second-order valence-electron chi connectivity index (χ2n) is 3.16. The third-order valence-corrected chi connectivity index (χ3v) is 2.04. The first kappa shape index (κ1) is 9.46. The fourth-order valence-electron chi connectivity index (χ4n) is 1.29. The van der Waals surface area contributed by atoms with Gasteiger partial charge in [0.1, 0.15) is 0 Å². The smallest absolute Gasteiger partial charge is 0.152 e. The van der Waals surface area contributed by atoms with Crippen molar-refractivity contribution < 1.29 is 0 Å². The van der Waals surface area contributed by atoms with Crippen molar-refractivity contribution in [3.8, 4) is 0 Å². The number of nitrogens with zero attached hydrogens (tertiary/aromatic N) is 1. The molecule has 0 fully saturated rings. The van der Waals surface area contributed by atoms with Gasteiger partial charge in [-0.3, -0.25) is 5.73 Å². The van der Waals surface area contributed by atoms with Crippen molar-refractivity contribution in [3.05, 3.63) is 66.2 Å². The molecule has 0 saturated heterocycles. The lowest BCUT2D eigenvalue weighted by Gasteiger charge is -1.98. The maximum Gasteiger partial charge on any atom is 0.152 e. The zero-order valence-corrected chi connectivity index (χ0v) is 8.22. The second kappa shape index (κ2) is 4.42. The topological polar surface area (TPSA) is 36.2 Å². The SMILES string of the molecule is [NH]C(=Nc1ccccc1)c1ccccc1. The van der Waals surface area contributed by atoms with Crippen LogP contribution in [0, 0.1) is 0 Å². The van der Waals surface area contributed by atoms with Gasteiger partial charge in [0.25, 0.3) is 0 Å². The molecule has 2 heteroatoms. The molecule has 0 aliphatic carbocycles. The maximum atomic E-state index is 7.80. The first-order chi connectivity index (χ1) is 7.36. The summed E-state index contributed by atoms with van der Waals surface area (Å²) in [6.45, 7) is 0. The summed E-state index contributed by atoms with van der Waals surface area (Å²) in [6, 6.07) is 19.0. The van der Waals surface area contributed by atoms with E-state index in [-0.39, 0.29) is 0 Å². The van der Waals surface area contributed by atoms with E-state index in [4.69, 9.17) is 5.73 Å². The summed E-state index contributed by atoms with van der Waals surface area (Å²) >= 11 is 0. The Bertz CT molecular complexity index is 446. The summed E-state index contributed by atoms with van der Waals surface area (Å²) in [4.78, 5) is 4.21. The zero-order valence-electron chi connectivity index (χ0n) is 8.22. The highest BCUT2D eigenvalue weighted by Gasteiger charge is 1.97. The molecule has 15 heavy (non-hydrogen) atoms. The van der Waals surface area contributed by atoms with Crippen LogP contribution in [0.5, 0.6) is 0 Å². The molecule has 1 radical (unpaired) electrons. The van der Waals surface area contributed by atoms with Gasteiger partial charge in [0.15, 0.2) is 5.84 Å². The number of hydrogen-bond donors (Lipinski definition) is 0. The predicted octanol–water partition coefficient (Wildman–Crippen LogP) is 3.05. The third kappa shape index (κ3) is 2.44. The largest absolute Gasteiger partial charge is 0.282 e. The summed E-state index contributed by atoms with van der Waals surface area (Å²) in [7, 11) is 0. The molecular formula is C13H11N2. The van der Waals surface area contributed by atoms with Crippen molar-refractivity contribution in [2.24, 2.45) is 4.99 Å². The van der Waals surface area contributed by atoms with Crippen molar-refractivity contribution in [1.82, 2.24) is 5.73 Å². The summed E-state index contributed by atoms with van der Waals surface area (Å²) in [5.74, 6) is 0.293. The Morgan fingerprint density at radius 2 is 1.33 bits per heavy atom. The first-order valence-corrected chi connectivity index (χ1v) is 4.77. The van der Waals surface area contributed by atoms with E-state index in [9.17, 15) is 0 Å². The van der Waals surface area contributed by atoms with Gasteiger partial charge in [-0.25, -0.2) is 4.99 Å². The van der Waals surface area contributed by atoms with Gasteiger partial charge in [-0.05, 0) is 12.1 Å². The molecule has 0 aliphatic heterocycles. The fraction of sp³-hybridized carbons (Fsp3) is 0. The fourth-order valence-corrected chi connectivity index (χ4v) is 1.29. The second-order valence-corrected chi connectivity index (χ2v) is 3.16. The molecular weight excluding hydrogens is 184 g/mol. The van der Waals surface area contributed by atoms with Crippen molar-refractivity contribution in [2.75, 3.05) is 0 Å². The number of rotatable bonds is 2. The normalized spacial score (nSPS) is 11.3. The monoisotopic (exact) mass is 195 g/mol. The Morgan fingerprint density at radius 3 is 1.93 bits per heavy atom. The van der Waals surface area contributed by atoms with Crippen LogP contribution in [0.4, 0.5) is 5.69 Å². The van der Waals surface area contributed by atoms with Gasteiger partial charge in [-0.1, -0.05) is 48.5 Å². The number of hydrogen-bond acceptors (Lipinski definition) is 1. The van der Waals surface area contributed by atoms with E-state index in [1.165, 1.54) is 0 Å². The van der Waals surface area contributed by atoms with Crippen molar-refractivity contribution in [1.29, 1.82) is 0 Å². The average molecular weight is 195 g/mol. The lowest BCUT2D eigenvalue weighted by atomic mass is 10.2. The Hall–Kier alpha value is -2.09. The molecule has 2 aromatic carbocycles. The molecule has 0 saturated carbocycles. The average Bonchev–Trinajstić information content (AvgIpc) is 2.31. The van der Waals surface area contributed by atoms with Crippen molar-refractivity contribution in [2.45, 2.75) is 0 Å². The van der Waals surface area contributed by atoms with Crippen LogP contribution in [0.1, 0.15) is 5.56 Å². The van der Waals surface area contributed by atoms with Crippen LogP contribution in [-0.2, 0) is 0 Å². The van der Waals surface area contributed by atoms with Gasteiger partial charge in [0, 0.05) is 5.56 Å². The van der Waals surface area contributed by atoms with Crippen LogP contribution in [0.2, 0.25) is 0 Å². The maximum absolute atomic E-state index is 7.80. The van der Waals surface area contributed by atoms with Gasteiger partial charge in [-0.2, -0.15) is 0 Å². The van der Waals surface area contributed by atoms with E-state index >= 15 is 0 Å². The van der Waals surface area contributed by atoms with E-state index in [1.54, 1.807) is 0 Å². The Balaban J connectivity index is 2.29. The molecule has 73 valence electrons. The van der Waals surface area contributed by atoms with Crippen LogP contribution in [0.15, 0.2) is 65.7 Å². The Labute approximate surface area is 89.1 Å². The summed E-state index contributed by atoms with van der Waals surface area (Å²) in [5.41, 5.74) is 9.45. The number of para-hydroxylation sites is 1. The minimum absolute atomic E-state index is 0.293. The van der Waals surface area contributed by atoms with E-state index in [2.05, 4.69) is 4.99 Å². The molecule has 2 rings (SSSR count). The summed E-state index contributed by atoms with van der Waals surface area (Å²) in [6.07, 6.45) is 0. The van der Waals surface area contributed by atoms with Crippen LogP contribution in [0.25, 0.3) is 0 Å². The minimum Gasteiger partial charge on any atom is -0.282 e. The first-order valence-electron chi connectivity index (χ1n) is 4.77. The van der Waals surface area contributed by atoms with Gasteiger partial charge < -0.3 is 0 Å². The molecule has 2 aromatic rings. The van der Waals surface area contributed by atoms with E-state index in [1.807, 2.05) is 60.7 Å². The van der Waals surface area contributed by atoms with Gasteiger partial charge in [0.2, 0.25) is 0 Å². The van der Waals surface area contributed by atoms with E-state index < -0.39 is 0 Å². The molecule has 0 heterocycles. The van der Waals surface area contributed by atoms with E-state index in [0.717, 1.165) is 11.3 Å².